The number of ether oxygens (including phenoxy) is 2. The lowest BCUT2D eigenvalue weighted by molar-refractivity contribution is -0.137. The molecule has 1 aromatic carbocycles. The molecule has 1 fully saturated rings. The van der Waals surface area contributed by atoms with E-state index in [0.717, 1.165) is 18.6 Å². The van der Waals surface area contributed by atoms with Crippen LogP contribution in [0.2, 0.25) is 0 Å². The molecule has 0 spiro atoms. The number of aliphatic imine (C=N–C) groups is 1. The zero-order valence-corrected chi connectivity index (χ0v) is 16.0. The first-order chi connectivity index (χ1) is 13.4. The summed E-state index contributed by atoms with van der Waals surface area (Å²) in [6, 6.07) is 4.61. The van der Waals surface area contributed by atoms with Gasteiger partial charge in [0.2, 0.25) is 0 Å². The maximum absolute atomic E-state index is 12.6. The molecule has 1 unspecified atom stereocenters. The van der Waals surface area contributed by atoms with E-state index in [2.05, 4.69) is 15.6 Å². The van der Waals surface area contributed by atoms with Crippen molar-refractivity contribution < 1.29 is 27.8 Å². The molecule has 0 aliphatic carbocycles. The number of hydrogen-bond donors (Lipinski definition) is 3. The topological polar surface area (TPSA) is 75.1 Å². The van der Waals surface area contributed by atoms with Gasteiger partial charge < -0.3 is 25.2 Å². The fourth-order valence-corrected chi connectivity index (χ4v) is 2.95. The van der Waals surface area contributed by atoms with Gasteiger partial charge in [-0.25, -0.2) is 0 Å². The van der Waals surface area contributed by atoms with Crippen molar-refractivity contribution in [3.63, 3.8) is 0 Å². The Hall–Kier alpha value is -2.00. The lowest BCUT2D eigenvalue weighted by Crippen LogP contribution is -2.40. The summed E-state index contributed by atoms with van der Waals surface area (Å²) in [6.07, 6.45) is -2.84. The molecule has 0 saturated carbocycles. The molecule has 158 valence electrons. The Balaban J connectivity index is 1.81. The number of nitrogens with one attached hydrogen (secondary N) is 2. The molecule has 0 radical (unpaired) electrons. The van der Waals surface area contributed by atoms with E-state index in [0.29, 0.717) is 51.0 Å². The van der Waals surface area contributed by atoms with Gasteiger partial charge >= 0.3 is 6.18 Å². The molecule has 1 saturated heterocycles. The molecular weight excluding hydrogens is 375 g/mol. The number of aliphatic hydroxyl groups is 1. The molecule has 3 N–H and O–H groups in total. The zero-order valence-electron chi connectivity index (χ0n) is 16.0. The minimum atomic E-state index is -4.35. The van der Waals surface area contributed by atoms with Crippen molar-refractivity contribution in [2.45, 2.75) is 25.9 Å². The summed E-state index contributed by atoms with van der Waals surface area (Å²) in [4.78, 5) is 4.59. The largest absolute Gasteiger partial charge is 0.492 e. The quantitative estimate of drug-likeness (QED) is 0.336. The van der Waals surface area contributed by atoms with Crippen molar-refractivity contribution in [3.8, 4) is 5.75 Å². The minimum Gasteiger partial charge on any atom is -0.492 e. The van der Waals surface area contributed by atoms with Crippen molar-refractivity contribution in [1.29, 1.82) is 0 Å². The second-order valence-electron chi connectivity index (χ2n) is 6.77. The van der Waals surface area contributed by atoms with Crippen molar-refractivity contribution in [2.24, 2.45) is 10.4 Å². The molecule has 28 heavy (non-hydrogen) atoms. The Bertz CT molecular complexity index is 615. The molecule has 9 heteroatoms. The maximum Gasteiger partial charge on any atom is 0.416 e. The number of alkyl halides is 3. The minimum absolute atomic E-state index is 0.101. The van der Waals surface area contributed by atoms with Gasteiger partial charge in [0, 0.05) is 25.2 Å². The first kappa shape index (κ1) is 22.3. The summed E-state index contributed by atoms with van der Waals surface area (Å²) in [5, 5.41) is 15.6. The van der Waals surface area contributed by atoms with Gasteiger partial charge in [0.1, 0.15) is 12.4 Å². The Morgan fingerprint density at radius 2 is 2.04 bits per heavy atom. The van der Waals surface area contributed by atoms with E-state index in [-0.39, 0.29) is 18.6 Å². The average Bonchev–Trinajstić information content (AvgIpc) is 3.12. The fourth-order valence-electron chi connectivity index (χ4n) is 2.95. The van der Waals surface area contributed by atoms with Crippen LogP contribution < -0.4 is 15.4 Å². The van der Waals surface area contributed by atoms with E-state index in [4.69, 9.17) is 9.47 Å². The molecule has 0 amide bonds. The summed E-state index contributed by atoms with van der Waals surface area (Å²) < 4.78 is 48.6. The molecule has 1 atom stereocenters. The summed E-state index contributed by atoms with van der Waals surface area (Å²) >= 11 is 0. The van der Waals surface area contributed by atoms with Gasteiger partial charge in [0.15, 0.2) is 5.96 Å². The van der Waals surface area contributed by atoms with Gasteiger partial charge in [-0.15, -0.1) is 0 Å². The van der Waals surface area contributed by atoms with Gasteiger partial charge in [-0.1, -0.05) is 0 Å². The molecular formula is C19H28F3N3O3. The third-order valence-electron chi connectivity index (χ3n) is 4.59. The molecule has 1 aliphatic rings. The van der Waals surface area contributed by atoms with Crippen LogP contribution in [0, 0.1) is 5.41 Å². The average molecular weight is 403 g/mol. The smallest absolute Gasteiger partial charge is 0.416 e. The Kier molecular flexibility index (Phi) is 8.37. The van der Waals surface area contributed by atoms with Gasteiger partial charge in [0.25, 0.3) is 0 Å². The van der Waals surface area contributed by atoms with Crippen LogP contribution in [-0.4, -0.2) is 57.1 Å². The molecule has 1 aromatic rings. The second-order valence-corrected chi connectivity index (χ2v) is 6.77. The molecule has 1 aliphatic heterocycles. The monoisotopic (exact) mass is 403 g/mol. The predicted octanol–water partition coefficient (Wildman–Crippen LogP) is 2.43. The fraction of sp³-hybridized carbons (Fsp3) is 0.632. The van der Waals surface area contributed by atoms with Crippen LogP contribution in [0.25, 0.3) is 0 Å². The van der Waals surface area contributed by atoms with E-state index in [1.807, 2.05) is 6.92 Å². The van der Waals surface area contributed by atoms with Crippen molar-refractivity contribution in [1.82, 2.24) is 10.6 Å². The summed E-state index contributed by atoms with van der Waals surface area (Å²) in [6.45, 7) is 5.28. The van der Waals surface area contributed by atoms with Crippen LogP contribution in [0.5, 0.6) is 5.75 Å². The van der Waals surface area contributed by atoms with Crippen molar-refractivity contribution in [2.75, 3.05) is 46.1 Å². The highest BCUT2D eigenvalue weighted by atomic mass is 19.4. The second kappa shape index (κ2) is 10.5. The van der Waals surface area contributed by atoms with Gasteiger partial charge in [-0.3, -0.25) is 4.99 Å². The SMILES string of the molecule is CCNC(=NCC1(CCO)CCOC1)NCCOc1ccc(C(F)(F)F)cc1. The number of benzene rings is 1. The lowest BCUT2D eigenvalue weighted by atomic mass is 9.84. The summed E-state index contributed by atoms with van der Waals surface area (Å²) in [5.41, 5.74) is -0.833. The Morgan fingerprint density at radius 3 is 2.61 bits per heavy atom. The Labute approximate surface area is 163 Å². The van der Waals surface area contributed by atoms with E-state index in [1.54, 1.807) is 0 Å². The Morgan fingerprint density at radius 1 is 1.29 bits per heavy atom. The number of guanidine groups is 1. The van der Waals surface area contributed by atoms with Crippen molar-refractivity contribution >= 4 is 5.96 Å². The highest BCUT2D eigenvalue weighted by Crippen LogP contribution is 2.32. The van der Waals surface area contributed by atoms with E-state index in [1.165, 1.54) is 12.1 Å². The normalized spacial score (nSPS) is 20.2. The lowest BCUT2D eigenvalue weighted by Gasteiger charge is -2.24. The first-order valence-corrected chi connectivity index (χ1v) is 9.39. The van der Waals surface area contributed by atoms with Crippen molar-refractivity contribution in [3.05, 3.63) is 29.8 Å². The number of hydrogen-bond acceptors (Lipinski definition) is 4. The molecule has 0 aromatic heterocycles. The van der Waals surface area contributed by atoms with Crippen LogP contribution in [0.1, 0.15) is 25.3 Å². The maximum atomic E-state index is 12.6. The van der Waals surface area contributed by atoms with Crippen LogP contribution in [0.3, 0.4) is 0 Å². The van der Waals surface area contributed by atoms with E-state index < -0.39 is 11.7 Å². The van der Waals surface area contributed by atoms with Gasteiger partial charge in [-0.05, 0) is 44.0 Å². The molecule has 6 nitrogen and oxygen atoms in total. The molecule has 1 heterocycles. The third-order valence-corrected chi connectivity index (χ3v) is 4.59. The zero-order chi connectivity index (χ0) is 20.5. The third kappa shape index (κ3) is 6.87. The number of rotatable bonds is 9. The molecule has 2 rings (SSSR count). The number of halogens is 3. The first-order valence-electron chi connectivity index (χ1n) is 9.39. The molecule has 0 bridgehead atoms. The summed E-state index contributed by atoms with van der Waals surface area (Å²) in [5.74, 6) is 1.00. The van der Waals surface area contributed by atoms with Crippen LogP contribution in [-0.2, 0) is 10.9 Å². The van der Waals surface area contributed by atoms with Crippen LogP contribution in [0.15, 0.2) is 29.3 Å². The van der Waals surface area contributed by atoms with E-state index >= 15 is 0 Å². The number of nitrogens with zero attached hydrogens (tertiary/aromatic N) is 1. The van der Waals surface area contributed by atoms with Gasteiger partial charge in [0.05, 0.1) is 25.3 Å². The van der Waals surface area contributed by atoms with E-state index in [9.17, 15) is 18.3 Å². The highest BCUT2D eigenvalue weighted by Gasteiger charge is 2.34. The number of aliphatic hydroxyl groups excluding tert-OH is 1. The van der Waals surface area contributed by atoms with Crippen LogP contribution in [0.4, 0.5) is 13.2 Å². The van der Waals surface area contributed by atoms with Crippen LogP contribution >= 0.6 is 0 Å². The summed E-state index contributed by atoms with van der Waals surface area (Å²) in [7, 11) is 0. The highest BCUT2D eigenvalue weighted by molar-refractivity contribution is 5.79. The predicted molar refractivity (Wildman–Crippen MR) is 100 cm³/mol. The van der Waals surface area contributed by atoms with Gasteiger partial charge in [-0.2, -0.15) is 13.2 Å². The standard InChI is InChI=1S/C19H28F3N3O3/c1-2-23-17(25-13-18(7-10-26)8-11-27-14-18)24-9-12-28-16-5-3-15(4-6-16)19(20,21)22/h3-6,26H,2,7-14H2,1H3,(H2,23,24,25).